The number of benzene rings is 1. The van der Waals surface area contributed by atoms with Crippen molar-refractivity contribution in [1.82, 2.24) is 10.2 Å². The Labute approximate surface area is 100 Å². The SMILES string of the molecule is CNC(=O)CN(C)Cc1ccc(OC)c(F)c1. The predicted molar refractivity (Wildman–Crippen MR) is 63.4 cm³/mol. The van der Waals surface area contributed by atoms with E-state index in [1.807, 2.05) is 0 Å². The van der Waals surface area contributed by atoms with Gasteiger partial charge in [0.05, 0.1) is 13.7 Å². The van der Waals surface area contributed by atoms with Crippen LogP contribution in [0, 0.1) is 5.82 Å². The molecule has 0 radical (unpaired) electrons. The number of rotatable bonds is 5. The molecule has 0 aliphatic carbocycles. The highest BCUT2D eigenvalue weighted by molar-refractivity contribution is 5.77. The van der Waals surface area contributed by atoms with Gasteiger partial charge in [-0.3, -0.25) is 9.69 Å². The van der Waals surface area contributed by atoms with Crippen LogP contribution in [-0.2, 0) is 11.3 Å². The van der Waals surface area contributed by atoms with Crippen LogP contribution in [0.2, 0.25) is 0 Å². The molecule has 0 aliphatic heterocycles. The largest absolute Gasteiger partial charge is 0.494 e. The van der Waals surface area contributed by atoms with Crippen molar-refractivity contribution in [1.29, 1.82) is 0 Å². The van der Waals surface area contributed by atoms with E-state index in [0.717, 1.165) is 5.56 Å². The third kappa shape index (κ3) is 4.03. The van der Waals surface area contributed by atoms with Gasteiger partial charge in [0.25, 0.3) is 0 Å². The van der Waals surface area contributed by atoms with Crippen LogP contribution < -0.4 is 10.1 Å². The topological polar surface area (TPSA) is 41.6 Å². The second-order valence-electron chi connectivity index (χ2n) is 3.81. The number of methoxy groups -OCH3 is 1. The Morgan fingerprint density at radius 1 is 1.53 bits per heavy atom. The molecule has 1 rings (SSSR count). The van der Waals surface area contributed by atoms with E-state index in [0.29, 0.717) is 6.54 Å². The third-order valence-electron chi connectivity index (χ3n) is 2.36. The van der Waals surface area contributed by atoms with Crippen LogP contribution in [0.5, 0.6) is 5.75 Å². The molecule has 0 saturated heterocycles. The first-order valence-corrected chi connectivity index (χ1v) is 5.28. The molecule has 0 atom stereocenters. The van der Waals surface area contributed by atoms with E-state index in [1.165, 1.54) is 13.2 Å². The van der Waals surface area contributed by atoms with E-state index >= 15 is 0 Å². The second kappa shape index (κ2) is 6.20. The molecular formula is C12H17FN2O2. The Kier molecular flexibility index (Phi) is 4.90. The maximum absolute atomic E-state index is 13.4. The second-order valence-corrected chi connectivity index (χ2v) is 3.81. The zero-order valence-electron chi connectivity index (χ0n) is 10.3. The molecule has 5 heteroatoms. The zero-order chi connectivity index (χ0) is 12.8. The van der Waals surface area contributed by atoms with Gasteiger partial charge >= 0.3 is 0 Å². The molecule has 0 aliphatic rings. The summed E-state index contributed by atoms with van der Waals surface area (Å²) in [5.74, 6) is -0.234. The van der Waals surface area contributed by atoms with Gasteiger partial charge in [0.15, 0.2) is 11.6 Å². The van der Waals surface area contributed by atoms with E-state index < -0.39 is 5.82 Å². The van der Waals surface area contributed by atoms with Crippen molar-refractivity contribution in [3.8, 4) is 5.75 Å². The molecule has 1 N–H and O–H groups in total. The van der Waals surface area contributed by atoms with Gasteiger partial charge < -0.3 is 10.1 Å². The predicted octanol–water partition coefficient (Wildman–Crippen LogP) is 1.01. The summed E-state index contributed by atoms with van der Waals surface area (Å²) in [6.45, 7) is 0.790. The Bertz CT molecular complexity index is 396. The third-order valence-corrected chi connectivity index (χ3v) is 2.36. The van der Waals surface area contributed by atoms with Crippen LogP contribution in [0.1, 0.15) is 5.56 Å². The minimum absolute atomic E-state index is 0.0681. The average molecular weight is 240 g/mol. The number of carbonyl (C=O) groups excluding carboxylic acids is 1. The van der Waals surface area contributed by atoms with Crippen molar-refractivity contribution < 1.29 is 13.9 Å². The summed E-state index contributed by atoms with van der Waals surface area (Å²) in [5.41, 5.74) is 0.801. The summed E-state index contributed by atoms with van der Waals surface area (Å²) in [5, 5.41) is 2.54. The Balaban J connectivity index is 2.62. The van der Waals surface area contributed by atoms with Gasteiger partial charge in [-0.15, -0.1) is 0 Å². The maximum Gasteiger partial charge on any atom is 0.233 e. The van der Waals surface area contributed by atoms with Crippen LogP contribution in [0.3, 0.4) is 0 Å². The normalized spacial score (nSPS) is 10.4. The number of carbonyl (C=O) groups is 1. The van der Waals surface area contributed by atoms with Crippen LogP contribution >= 0.6 is 0 Å². The van der Waals surface area contributed by atoms with E-state index in [9.17, 15) is 9.18 Å². The van der Waals surface area contributed by atoms with Crippen molar-refractivity contribution >= 4 is 5.91 Å². The molecule has 0 unspecified atom stereocenters. The van der Waals surface area contributed by atoms with E-state index in [1.54, 1.807) is 31.1 Å². The van der Waals surface area contributed by atoms with Crippen LogP contribution in [0.4, 0.5) is 4.39 Å². The van der Waals surface area contributed by atoms with Gasteiger partial charge in [-0.25, -0.2) is 4.39 Å². The smallest absolute Gasteiger partial charge is 0.233 e. The molecule has 1 aromatic rings. The maximum atomic E-state index is 13.4. The van der Waals surface area contributed by atoms with Gasteiger partial charge in [0.2, 0.25) is 5.91 Å². The lowest BCUT2D eigenvalue weighted by molar-refractivity contribution is -0.121. The molecule has 1 aromatic carbocycles. The highest BCUT2D eigenvalue weighted by Gasteiger charge is 2.08. The lowest BCUT2D eigenvalue weighted by atomic mass is 10.2. The monoisotopic (exact) mass is 240 g/mol. The molecule has 17 heavy (non-hydrogen) atoms. The van der Waals surface area contributed by atoms with E-state index in [-0.39, 0.29) is 18.2 Å². The zero-order valence-corrected chi connectivity index (χ0v) is 10.3. The number of hydrogen-bond acceptors (Lipinski definition) is 3. The lowest BCUT2D eigenvalue weighted by Crippen LogP contribution is -2.32. The minimum Gasteiger partial charge on any atom is -0.494 e. The highest BCUT2D eigenvalue weighted by Crippen LogP contribution is 2.18. The van der Waals surface area contributed by atoms with Gasteiger partial charge in [-0.1, -0.05) is 6.07 Å². The minimum atomic E-state index is -0.390. The standard InChI is InChI=1S/C12H17FN2O2/c1-14-12(16)8-15(2)7-9-4-5-11(17-3)10(13)6-9/h4-6H,7-8H2,1-3H3,(H,14,16). The summed E-state index contributed by atoms with van der Waals surface area (Å²) in [6, 6.07) is 4.78. The summed E-state index contributed by atoms with van der Waals surface area (Å²) in [6.07, 6.45) is 0. The van der Waals surface area contributed by atoms with E-state index in [2.05, 4.69) is 5.32 Å². The Morgan fingerprint density at radius 2 is 2.24 bits per heavy atom. The summed E-state index contributed by atoms with van der Waals surface area (Å²) < 4.78 is 18.2. The Hall–Kier alpha value is -1.62. The van der Waals surface area contributed by atoms with Gasteiger partial charge in [-0.05, 0) is 24.7 Å². The van der Waals surface area contributed by atoms with Crippen LogP contribution in [-0.4, -0.2) is 38.6 Å². The molecule has 4 nitrogen and oxygen atoms in total. The number of ether oxygens (including phenoxy) is 1. The Morgan fingerprint density at radius 3 is 2.76 bits per heavy atom. The molecule has 94 valence electrons. The first-order valence-electron chi connectivity index (χ1n) is 5.28. The number of amides is 1. The van der Waals surface area contributed by atoms with Gasteiger partial charge in [-0.2, -0.15) is 0 Å². The fourth-order valence-corrected chi connectivity index (χ4v) is 1.50. The molecule has 0 spiro atoms. The molecule has 0 fully saturated rings. The molecule has 1 amide bonds. The molecule has 0 heterocycles. The number of hydrogen-bond donors (Lipinski definition) is 1. The number of likely N-dealkylation sites (N-methyl/N-ethyl adjacent to an activating group) is 2. The molecular weight excluding hydrogens is 223 g/mol. The van der Waals surface area contributed by atoms with Crippen molar-refractivity contribution in [2.75, 3.05) is 27.7 Å². The first kappa shape index (κ1) is 13.4. The van der Waals surface area contributed by atoms with Crippen molar-refractivity contribution in [3.05, 3.63) is 29.6 Å². The number of halogens is 1. The highest BCUT2D eigenvalue weighted by atomic mass is 19.1. The van der Waals surface area contributed by atoms with Crippen LogP contribution in [0.25, 0.3) is 0 Å². The fourth-order valence-electron chi connectivity index (χ4n) is 1.50. The summed E-state index contributed by atoms with van der Waals surface area (Å²) in [7, 11) is 4.82. The van der Waals surface area contributed by atoms with Crippen LogP contribution in [0.15, 0.2) is 18.2 Å². The van der Waals surface area contributed by atoms with Gasteiger partial charge in [0.1, 0.15) is 0 Å². The average Bonchev–Trinajstić information content (AvgIpc) is 2.29. The summed E-state index contributed by atoms with van der Waals surface area (Å²) >= 11 is 0. The summed E-state index contributed by atoms with van der Waals surface area (Å²) in [4.78, 5) is 12.9. The van der Waals surface area contributed by atoms with Crippen molar-refractivity contribution in [3.63, 3.8) is 0 Å². The molecule has 0 saturated carbocycles. The number of nitrogens with one attached hydrogen (secondary N) is 1. The number of nitrogens with zero attached hydrogens (tertiary/aromatic N) is 1. The molecule has 0 bridgehead atoms. The van der Waals surface area contributed by atoms with Crippen molar-refractivity contribution in [2.24, 2.45) is 0 Å². The lowest BCUT2D eigenvalue weighted by Gasteiger charge is -2.15. The van der Waals surface area contributed by atoms with Crippen molar-refractivity contribution in [2.45, 2.75) is 6.54 Å². The van der Waals surface area contributed by atoms with E-state index in [4.69, 9.17) is 4.74 Å². The van der Waals surface area contributed by atoms with Gasteiger partial charge in [0, 0.05) is 13.6 Å². The fraction of sp³-hybridized carbons (Fsp3) is 0.417. The molecule has 0 aromatic heterocycles. The first-order chi connectivity index (χ1) is 8.06. The quantitative estimate of drug-likeness (QED) is 0.835.